The Hall–Kier alpha value is -3.51. The smallest absolute Gasteiger partial charge is 0.270 e. The molecule has 2 amide bonds. The number of anilines is 1. The Kier molecular flexibility index (Phi) is 9.07. The topological polar surface area (TPSA) is 136 Å². The van der Waals surface area contributed by atoms with Gasteiger partial charge >= 0.3 is 0 Å². The largest absolute Gasteiger partial charge is 0.506 e. The van der Waals surface area contributed by atoms with Crippen molar-refractivity contribution >= 4 is 25.6 Å². The van der Waals surface area contributed by atoms with Crippen LogP contribution in [0, 0.1) is 31.6 Å². The zero-order valence-corrected chi connectivity index (χ0v) is 27.2. The highest BCUT2D eigenvalue weighted by Gasteiger charge is 2.48. The SMILES string of the molecule is CCn1nccc1C(=O)N[C@H](C(=O)Nc1cnc(-c2c(C)nn(COCC[Si](C)(C)C)c2C)c(O)c1)C(C1CC1)C1CC1. The third-order valence-electron chi connectivity index (χ3n) is 8.50. The minimum atomic E-state index is -1.19. The van der Waals surface area contributed by atoms with Crippen LogP contribution in [-0.2, 0) is 22.8 Å². The molecule has 0 bridgehead atoms. The Morgan fingerprint density at radius 1 is 1.14 bits per heavy atom. The molecule has 2 aliphatic carbocycles. The normalized spacial score (nSPS) is 16.0. The van der Waals surface area contributed by atoms with E-state index in [4.69, 9.17) is 4.74 Å². The maximum atomic E-state index is 13.8. The molecule has 2 fully saturated rings. The van der Waals surface area contributed by atoms with Crippen LogP contribution in [0.15, 0.2) is 24.5 Å². The van der Waals surface area contributed by atoms with Gasteiger partial charge in [0, 0.05) is 44.7 Å². The number of carbonyl (C=O) groups is 2. The Labute approximate surface area is 254 Å². The summed E-state index contributed by atoms with van der Waals surface area (Å²) in [5.74, 6) is 0.258. The van der Waals surface area contributed by atoms with Crippen LogP contribution in [0.2, 0.25) is 25.7 Å². The van der Waals surface area contributed by atoms with Gasteiger partial charge in [-0.2, -0.15) is 10.2 Å². The number of aromatic hydroxyl groups is 1. The first-order chi connectivity index (χ1) is 20.5. The number of ether oxygens (including phenoxy) is 1. The fraction of sp³-hybridized carbons (Fsp3) is 0.581. The highest BCUT2D eigenvalue weighted by atomic mass is 28.3. The molecule has 232 valence electrons. The summed E-state index contributed by atoms with van der Waals surface area (Å²) in [5.41, 5.74) is 3.51. The Morgan fingerprint density at radius 3 is 2.44 bits per heavy atom. The molecule has 2 aliphatic rings. The van der Waals surface area contributed by atoms with E-state index in [2.05, 4.69) is 45.5 Å². The molecule has 1 atom stereocenters. The molecular formula is C31H45N7O4Si. The van der Waals surface area contributed by atoms with Crippen LogP contribution in [0.5, 0.6) is 5.75 Å². The second-order valence-corrected chi connectivity index (χ2v) is 18.8. The van der Waals surface area contributed by atoms with E-state index < -0.39 is 14.1 Å². The predicted octanol–water partition coefficient (Wildman–Crippen LogP) is 4.97. The lowest BCUT2D eigenvalue weighted by atomic mass is 9.88. The Morgan fingerprint density at radius 2 is 1.84 bits per heavy atom. The van der Waals surface area contributed by atoms with Crippen molar-refractivity contribution in [3.63, 3.8) is 0 Å². The molecule has 0 spiro atoms. The number of carbonyl (C=O) groups excluding carboxylic acids is 2. The summed E-state index contributed by atoms with van der Waals surface area (Å²) in [7, 11) is -1.19. The molecule has 0 unspecified atom stereocenters. The van der Waals surface area contributed by atoms with Gasteiger partial charge in [0.2, 0.25) is 5.91 Å². The predicted molar refractivity (Wildman–Crippen MR) is 167 cm³/mol. The zero-order valence-electron chi connectivity index (χ0n) is 26.2. The van der Waals surface area contributed by atoms with Gasteiger partial charge < -0.3 is 20.5 Å². The summed E-state index contributed by atoms with van der Waals surface area (Å²) in [5, 5.41) is 25.8. The summed E-state index contributed by atoms with van der Waals surface area (Å²) < 4.78 is 9.31. The summed E-state index contributed by atoms with van der Waals surface area (Å²) in [6.07, 6.45) is 7.42. The van der Waals surface area contributed by atoms with Gasteiger partial charge in [-0.15, -0.1) is 0 Å². The molecule has 3 aromatic rings. The summed E-state index contributed by atoms with van der Waals surface area (Å²) in [6.45, 7) is 14.3. The van der Waals surface area contributed by atoms with Crippen molar-refractivity contribution in [2.45, 2.75) is 91.5 Å². The van der Waals surface area contributed by atoms with Crippen LogP contribution in [0.1, 0.15) is 54.5 Å². The van der Waals surface area contributed by atoms with Gasteiger partial charge in [-0.05, 0) is 76.3 Å². The van der Waals surface area contributed by atoms with Crippen molar-refractivity contribution < 1.29 is 19.4 Å². The van der Waals surface area contributed by atoms with Gasteiger partial charge in [-0.3, -0.25) is 19.3 Å². The van der Waals surface area contributed by atoms with Crippen LogP contribution in [0.3, 0.4) is 0 Å². The van der Waals surface area contributed by atoms with Crippen molar-refractivity contribution in [1.29, 1.82) is 0 Å². The molecule has 0 radical (unpaired) electrons. The van der Waals surface area contributed by atoms with Gasteiger partial charge in [0.15, 0.2) is 0 Å². The second kappa shape index (κ2) is 12.6. The first-order valence-corrected chi connectivity index (χ1v) is 19.1. The fourth-order valence-corrected chi connectivity index (χ4v) is 6.61. The molecule has 2 saturated carbocycles. The van der Waals surface area contributed by atoms with E-state index in [0.717, 1.165) is 48.7 Å². The molecule has 12 heteroatoms. The first kappa shape index (κ1) is 30.9. The monoisotopic (exact) mass is 607 g/mol. The number of nitrogens with one attached hydrogen (secondary N) is 2. The van der Waals surface area contributed by atoms with E-state index in [-0.39, 0.29) is 23.5 Å². The van der Waals surface area contributed by atoms with E-state index in [1.807, 2.05) is 20.8 Å². The summed E-state index contributed by atoms with van der Waals surface area (Å²) >= 11 is 0. The number of nitrogens with zero attached hydrogens (tertiary/aromatic N) is 5. The minimum absolute atomic E-state index is 0.0587. The maximum Gasteiger partial charge on any atom is 0.270 e. The molecule has 3 N–H and O–H groups in total. The highest BCUT2D eigenvalue weighted by Crippen LogP contribution is 2.51. The van der Waals surface area contributed by atoms with Crippen molar-refractivity contribution in [3.05, 3.63) is 41.6 Å². The zero-order chi connectivity index (χ0) is 30.9. The number of pyridine rings is 1. The average Bonchev–Trinajstić information content (AvgIpc) is 3.88. The molecular weight excluding hydrogens is 562 g/mol. The third kappa shape index (κ3) is 7.35. The van der Waals surface area contributed by atoms with Gasteiger partial charge in [0.1, 0.15) is 29.9 Å². The molecule has 0 aliphatic heterocycles. The number of aryl methyl sites for hydroxylation is 2. The van der Waals surface area contributed by atoms with Crippen molar-refractivity contribution in [2.24, 2.45) is 17.8 Å². The molecule has 5 rings (SSSR count). The lowest BCUT2D eigenvalue weighted by molar-refractivity contribution is -0.119. The Bertz CT molecular complexity index is 1460. The number of rotatable bonds is 14. The van der Waals surface area contributed by atoms with Crippen LogP contribution >= 0.6 is 0 Å². The van der Waals surface area contributed by atoms with Crippen LogP contribution < -0.4 is 10.6 Å². The lowest BCUT2D eigenvalue weighted by Crippen LogP contribution is -2.50. The molecule has 11 nitrogen and oxygen atoms in total. The lowest BCUT2D eigenvalue weighted by Gasteiger charge is -2.27. The quantitative estimate of drug-likeness (QED) is 0.174. The van der Waals surface area contributed by atoms with E-state index in [1.165, 1.54) is 6.07 Å². The van der Waals surface area contributed by atoms with Gasteiger partial charge in [0.25, 0.3) is 5.91 Å². The molecule has 3 heterocycles. The van der Waals surface area contributed by atoms with Crippen molar-refractivity contribution in [2.75, 3.05) is 11.9 Å². The fourth-order valence-electron chi connectivity index (χ4n) is 5.85. The molecule has 0 aromatic carbocycles. The number of hydrogen-bond donors (Lipinski definition) is 3. The van der Waals surface area contributed by atoms with Crippen LogP contribution in [0.25, 0.3) is 11.3 Å². The minimum Gasteiger partial charge on any atom is -0.506 e. The summed E-state index contributed by atoms with van der Waals surface area (Å²) in [6, 6.07) is 3.56. The second-order valence-electron chi connectivity index (χ2n) is 13.2. The third-order valence-corrected chi connectivity index (χ3v) is 10.2. The number of aromatic nitrogens is 5. The molecule has 43 heavy (non-hydrogen) atoms. The van der Waals surface area contributed by atoms with E-state index >= 15 is 0 Å². The van der Waals surface area contributed by atoms with E-state index in [0.29, 0.717) is 48.8 Å². The summed E-state index contributed by atoms with van der Waals surface area (Å²) in [4.78, 5) is 31.6. The Balaban J connectivity index is 1.31. The van der Waals surface area contributed by atoms with E-state index in [9.17, 15) is 14.7 Å². The standard InChI is InChI=1S/C31H45N7O4Si/c1-7-37-24(12-13-33-37)30(40)35-29(27(21-8-9-21)22-10-11-22)31(41)34-23-16-25(39)28(32-17-23)26-19(2)36-38(20(26)3)18-42-14-15-43(4,5)6/h12-13,16-17,21-22,27,29,39H,7-11,14-15,18H2,1-6H3,(H,34,41)(H,35,40)/t29-/m0/s1. The van der Waals surface area contributed by atoms with Crippen LogP contribution in [0.4, 0.5) is 5.69 Å². The van der Waals surface area contributed by atoms with Gasteiger partial charge in [-0.1, -0.05) is 19.6 Å². The number of amides is 2. The van der Waals surface area contributed by atoms with Crippen molar-refractivity contribution in [3.8, 4) is 17.0 Å². The average molecular weight is 608 g/mol. The molecule has 0 saturated heterocycles. The van der Waals surface area contributed by atoms with E-state index in [1.54, 1.807) is 27.8 Å². The maximum absolute atomic E-state index is 13.8. The van der Waals surface area contributed by atoms with Crippen molar-refractivity contribution in [1.82, 2.24) is 29.9 Å². The van der Waals surface area contributed by atoms with Gasteiger partial charge in [0.05, 0.1) is 17.6 Å². The highest BCUT2D eigenvalue weighted by molar-refractivity contribution is 6.76. The van der Waals surface area contributed by atoms with Crippen LogP contribution in [-0.4, -0.2) is 62.2 Å². The first-order valence-electron chi connectivity index (χ1n) is 15.4. The number of hydrogen-bond acceptors (Lipinski definition) is 7. The van der Waals surface area contributed by atoms with Gasteiger partial charge in [-0.25, -0.2) is 4.68 Å². The molecule has 3 aromatic heterocycles.